The molecule has 1 amide bonds. The fraction of sp³-hybridized carbons (Fsp3) is 0.533. The van der Waals surface area contributed by atoms with Crippen molar-refractivity contribution in [2.45, 2.75) is 17.1 Å². The number of sulfonamides is 1. The summed E-state index contributed by atoms with van der Waals surface area (Å²) < 4.78 is 65.3. The van der Waals surface area contributed by atoms with Crippen LogP contribution in [0, 0.1) is 0 Å². The third-order valence-electron chi connectivity index (χ3n) is 4.12. The van der Waals surface area contributed by atoms with E-state index in [1.165, 1.54) is 36.2 Å². The van der Waals surface area contributed by atoms with Crippen molar-refractivity contribution in [1.82, 2.24) is 20.3 Å². The average Bonchev–Trinajstić information content (AvgIpc) is 2.61. The molecule has 0 saturated carbocycles. The van der Waals surface area contributed by atoms with Gasteiger partial charge in [-0.1, -0.05) is 0 Å². The Balaban J connectivity index is 2.03. The maximum atomic E-state index is 13.3. The number of amides is 1. The largest absolute Gasteiger partial charge is 0.405 e. The molecule has 146 valence electrons. The Morgan fingerprint density at radius 1 is 1.23 bits per heavy atom. The van der Waals surface area contributed by atoms with Crippen LogP contribution in [0.25, 0.3) is 0 Å². The van der Waals surface area contributed by atoms with Crippen LogP contribution >= 0.6 is 0 Å². The number of piperazine rings is 1. The van der Waals surface area contributed by atoms with Crippen LogP contribution in [-0.2, 0) is 10.0 Å². The molecule has 7 nitrogen and oxygen atoms in total. The molecule has 0 radical (unpaired) electrons. The quantitative estimate of drug-likeness (QED) is 0.640. The zero-order chi connectivity index (χ0) is 19.4. The van der Waals surface area contributed by atoms with E-state index in [0.29, 0.717) is 13.1 Å². The smallest absolute Gasteiger partial charge is 0.350 e. The lowest BCUT2D eigenvalue weighted by atomic mass is 10.1. The first-order chi connectivity index (χ1) is 12.1. The van der Waals surface area contributed by atoms with Crippen LogP contribution in [0.4, 0.5) is 13.2 Å². The number of nitrogens with one attached hydrogen (secondary N) is 3. The molecule has 0 spiro atoms. The van der Waals surface area contributed by atoms with Gasteiger partial charge in [-0.15, -0.1) is 0 Å². The second kappa shape index (κ2) is 8.33. The van der Waals surface area contributed by atoms with Gasteiger partial charge in [-0.05, 0) is 31.3 Å². The van der Waals surface area contributed by atoms with Gasteiger partial charge in [-0.2, -0.15) is 13.2 Å². The Labute approximate surface area is 150 Å². The van der Waals surface area contributed by atoms with Gasteiger partial charge in [0, 0.05) is 38.3 Å². The number of carbonyl (C=O) groups is 1. The fourth-order valence-corrected chi connectivity index (χ4v) is 3.37. The molecule has 1 heterocycles. The first kappa shape index (κ1) is 20.6. The molecule has 26 heavy (non-hydrogen) atoms. The molecule has 1 aromatic rings. The molecule has 1 unspecified atom stereocenters. The Morgan fingerprint density at radius 2 is 1.81 bits per heavy atom. The minimum Gasteiger partial charge on any atom is -0.350 e. The van der Waals surface area contributed by atoms with Crippen molar-refractivity contribution in [3.05, 3.63) is 29.8 Å². The minimum absolute atomic E-state index is 0.0365. The topological polar surface area (TPSA) is 90.5 Å². The zero-order valence-electron chi connectivity index (χ0n) is 14.1. The molecule has 1 fully saturated rings. The summed E-state index contributed by atoms with van der Waals surface area (Å²) in [6, 6.07) is 3.19. The van der Waals surface area contributed by atoms with Crippen LogP contribution < -0.4 is 15.4 Å². The number of benzene rings is 1. The summed E-state index contributed by atoms with van der Waals surface area (Å²) >= 11 is 0. The Bertz CT molecular complexity index is 717. The second-order valence-corrected chi connectivity index (χ2v) is 7.67. The minimum atomic E-state index is -4.46. The van der Waals surface area contributed by atoms with Crippen molar-refractivity contribution in [3.63, 3.8) is 0 Å². The highest BCUT2D eigenvalue weighted by atomic mass is 32.2. The van der Waals surface area contributed by atoms with E-state index in [9.17, 15) is 26.4 Å². The van der Waals surface area contributed by atoms with E-state index in [2.05, 4.69) is 15.4 Å². The zero-order valence-corrected chi connectivity index (χ0v) is 15.0. The predicted octanol–water partition coefficient (Wildman–Crippen LogP) is 0.161. The number of nitrogens with zero attached hydrogens (tertiary/aromatic N) is 1. The molecule has 0 aromatic heterocycles. The van der Waals surface area contributed by atoms with Crippen molar-refractivity contribution >= 4 is 15.9 Å². The molecule has 1 atom stereocenters. The number of hydrogen-bond acceptors (Lipinski definition) is 5. The lowest BCUT2D eigenvalue weighted by Crippen LogP contribution is -2.57. The van der Waals surface area contributed by atoms with Crippen LogP contribution in [0.1, 0.15) is 10.4 Å². The van der Waals surface area contributed by atoms with Crippen molar-refractivity contribution in [1.29, 1.82) is 0 Å². The maximum Gasteiger partial charge on any atom is 0.405 e. The summed E-state index contributed by atoms with van der Waals surface area (Å²) in [5, 5.41) is 5.27. The van der Waals surface area contributed by atoms with Gasteiger partial charge in [0.15, 0.2) is 0 Å². The Morgan fingerprint density at radius 3 is 2.31 bits per heavy atom. The van der Waals surface area contributed by atoms with Gasteiger partial charge in [-0.25, -0.2) is 13.1 Å². The third kappa shape index (κ3) is 5.16. The van der Waals surface area contributed by atoms with E-state index < -0.39 is 34.7 Å². The number of halogens is 3. The van der Waals surface area contributed by atoms with Gasteiger partial charge in [0.1, 0.15) is 6.04 Å². The molecular weight excluding hydrogens is 373 g/mol. The van der Waals surface area contributed by atoms with Gasteiger partial charge in [-0.3, -0.25) is 9.69 Å². The van der Waals surface area contributed by atoms with E-state index in [1.807, 2.05) is 0 Å². The molecule has 1 saturated heterocycles. The summed E-state index contributed by atoms with van der Waals surface area (Å²) in [6.45, 7) is 0.843. The summed E-state index contributed by atoms with van der Waals surface area (Å²) in [5.41, 5.74) is 0.0845. The van der Waals surface area contributed by atoms with E-state index in [0.717, 1.165) is 0 Å². The standard InChI is InChI=1S/C15H21F3N4O3S/c1-19-26(24,25)12-4-2-11(3-5-12)14(23)21-10-13(15(16,17)18)22-8-6-20-7-9-22/h2-5,13,19-20H,6-10H2,1H3,(H,21,23). The predicted molar refractivity (Wildman–Crippen MR) is 89.3 cm³/mol. The monoisotopic (exact) mass is 394 g/mol. The van der Waals surface area contributed by atoms with Gasteiger partial charge >= 0.3 is 6.18 Å². The van der Waals surface area contributed by atoms with E-state index in [1.54, 1.807) is 0 Å². The molecular formula is C15H21F3N4O3S. The van der Waals surface area contributed by atoms with Gasteiger partial charge in [0.2, 0.25) is 10.0 Å². The first-order valence-electron chi connectivity index (χ1n) is 7.98. The molecule has 1 aromatic carbocycles. The van der Waals surface area contributed by atoms with Crippen LogP contribution in [-0.4, -0.2) is 71.2 Å². The van der Waals surface area contributed by atoms with Gasteiger partial charge in [0.05, 0.1) is 4.90 Å². The molecule has 0 aliphatic carbocycles. The molecule has 11 heteroatoms. The number of hydrogen-bond donors (Lipinski definition) is 3. The van der Waals surface area contributed by atoms with Crippen LogP contribution in [0.3, 0.4) is 0 Å². The average molecular weight is 394 g/mol. The van der Waals surface area contributed by atoms with E-state index in [-0.39, 0.29) is 23.5 Å². The van der Waals surface area contributed by atoms with Crippen molar-refractivity contribution in [2.24, 2.45) is 0 Å². The SMILES string of the molecule is CNS(=O)(=O)c1ccc(C(=O)NCC(N2CCNCC2)C(F)(F)F)cc1. The lowest BCUT2D eigenvalue weighted by Gasteiger charge is -2.35. The molecule has 0 bridgehead atoms. The first-order valence-corrected chi connectivity index (χ1v) is 9.47. The third-order valence-corrected chi connectivity index (χ3v) is 5.55. The summed E-state index contributed by atoms with van der Waals surface area (Å²) in [6.07, 6.45) is -4.46. The van der Waals surface area contributed by atoms with Gasteiger partial charge in [0.25, 0.3) is 5.91 Å². The van der Waals surface area contributed by atoms with Crippen molar-refractivity contribution in [2.75, 3.05) is 39.8 Å². The Hall–Kier alpha value is -1.69. The summed E-state index contributed by atoms with van der Waals surface area (Å²) in [5.74, 6) is -0.692. The van der Waals surface area contributed by atoms with Crippen LogP contribution in [0.2, 0.25) is 0 Å². The highest BCUT2D eigenvalue weighted by Gasteiger charge is 2.43. The van der Waals surface area contributed by atoms with E-state index >= 15 is 0 Å². The van der Waals surface area contributed by atoms with Crippen LogP contribution in [0.15, 0.2) is 29.2 Å². The molecule has 1 aliphatic rings. The van der Waals surface area contributed by atoms with Crippen molar-refractivity contribution < 1.29 is 26.4 Å². The fourth-order valence-electron chi connectivity index (χ4n) is 2.64. The molecule has 3 N–H and O–H groups in total. The normalized spacial score (nSPS) is 17.7. The highest BCUT2D eigenvalue weighted by Crippen LogP contribution is 2.25. The van der Waals surface area contributed by atoms with E-state index in [4.69, 9.17) is 0 Å². The lowest BCUT2D eigenvalue weighted by molar-refractivity contribution is -0.183. The molecule has 1 aliphatic heterocycles. The maximum absolute atomic E-state index is 13.3. The number of alkyl halides is 3. The molecule has 2 rings (SSSR count). The summed E-state index contributed by atoms with van der Waals surface area (Å²) in [7, 11) is -2.39. The second-order valence-electron chi connectivity index (χ2n) is 5.79. The Kier molecular flexibility index (Phi) is 6.61. The number of carbonyl (C=O) groups excluding carboxylic acids is 1. The summed E-state index contributed by atoms with van der Waals surface area (Å²) in [4.78, 5) is 13.4. The van der Waals surface area contributed by atoms with Crippen molar-refractivity contribution in [3.8, 4) is 0 Å². The van der Waals surface area contributed by atoms with Gasteiger partial charge < -0.3 is 10.6 Å². The highest BCUT2D eigenvalue weighted by molar-refractivity contribution is 7.89. The number of rotatable bonds is 6. The van der Waals surface area contributed by atoms with Crippen LogP contribution in [0.5, 0.6) is 0 Å².